The summed E-state index contributed by atoms with van der Waals surface area (Å²) in [4.78, 5) is 0. The maximum atomic E-state index is 9.23. The molecule has 92 valence electrons. The van der Waals surface area contributed by atoms with E-state index in [9.17, 15) is 10.5 Å². The molecular weight excluding hydrogens is 292 g/mol. The van der Waals surface area contributed by atoms with E-state index >= 15 is 0 Å². The van der Waals surface area contributed by atoms with Crippen LogP contribution in [-0.2, 0) is 10.3 Å². The number of rotatable bonds is 4. The van der Waals surface area contributed by atoms with E-state index in [-0.39, 0.29) is 0 Å². The van der Waals surface area contributed by atoms with Gasteiger partial charge in [-0.2, -0.15) is 10.5 Å². The van der Waals surface area contributed by atoms with Crippen molar-refractivity contribution in [2.45, 2.75) is 25.4 Å². The summed E-state index contributed by atoms with van der Waals surface area (Å²) in [6.07, 6.45) is 0.944. The van der Waals surface area contributed by atoms with Gasteiger partial charge >= 0.3 is 0 Å². The molecule has 4 heteroatoms. The second-order valence-corrected chi connectivity index (χ2v) is 5.55. The van der Waals surface area contributed by atoms with Crippen LogP contribution in [0.1, 0.15) is 25.3 Å². The second-order valence-electron chi connectivity index (χ2n) is 4.63. The molecule has 1 saturated heterocycles. The summed E-state index contributed by atoms with van der Waals surface area (Å²) in [5.41, 5.74) is -0.385. The molecule has 1 aliphatic rings. The molecule has 3 nitrogen and oxygen atoms in total. The highest BCUT2D eigenvalue weighted by molar-refractivity contribution is 9.10. The van der Waals surface area contributed by atoms with Crippen molar-refractivity contribution >= 4 is 15.9 Å². The first kappa shape index (κ1) is 13.1. The van der Waals surface area contributed by atoms with E-state index in [0.717, 1.165) is 10.0 Å². The van der Waals surface area contributed by atoms with Gasteiger partial charge < -0.3 is 4.74 Å². The molecule has 0 N–H and O–H groups in total. The third kappa shape index (κ3) is 2.27. The highest BCUT2D eigenvalue weighted by atomic mass is 79.9. The van der Waals surface area contributed by atoms with Crippen LogP contribution >= 0.6 is 15.9 Å². The zero-order valence-electron chi connectivity index (χ0n) is 10.1. The van der Waals surface area contributed by atoms with Crippen LogP contribution in [0.2, 0.25) is 0 Å². The molecule has 0 radical (unpaired) electrons. The largest absolute Gasteiger partial charge is 0.364 e. The monoisotopic (exact) mass is 304 g/mol. The van der Waals surface area contributed by atoms with Crippen LogP contribution in [0.3, 0.4) is 0 Å². The molecule has 1 fully saturated rings. The SMILES string of the molecule is CCC(C#N)(C#N)CC1(c2cccc(Br)c2)CO1. The lowest BCUT2D eigenvalue weighted by Gasteiger charge is -2.21. The van der Waals surface area contributed by atoms with Gasteiger partial charge in [0, 0.05) is 10.9 Å². The summed E-state index contributed by atoms with van der Waals surface area (Å²) in [7, 11) is 0. The summed E-state index contributed by atoms with van der Waals surface area (Å²) in [5, 5.41) is 18.5. The lowest BCUT2D eigenvalue weighted by atomic mass is 9.77. The Balaban J connectivity index is 2.29. The third-order valence-corrected chi connectivity index (χ3v) is 3.96. The van der Waals surface area contributed by atoms with Gasteiger partial charge in [0.2, 0.25) is 0 Å². The van der Waals surface area contributed by atoms with E-state index in [1.54, 1.807) is 0 Å². The van der Waals surface area contributed by atoms with Gasteiger partial charge in [0.05, 0.1) is 18.7 Å². The van der Waals surface area contributed by atoms with E-state index in [2.05, 4.69) is 28.1 Å². The number of benzene rings is 1. The van der Waals surface area contributed by atoms with Gasteiger partial charge in [0.25, 0.3) is 0 Å². The Morgan fingerprint density at radius 3 is 2.56 bits per heavy atom. The van der Waals surface area contributed by atoms with Gasteiger partial charge in [-0.1, -0.05) is 35.0 Å². The molecule has 1 aromatic carbocycles. The van der Waals surface area contributed by atoms with Crippen LogP contribution in [0.5, 0.6) is 0 Å². The van der Waals surface area contributed by atoms with Gasteiger partial charge in [-0.05, 0) is 24.1 Å². The number of nitriles is 2. The minimum absolute atomic E-state index is 0.431. The number of hydrogen-bond donors (Lipinski definition) is 0. The maximum Gasteiger partial charge on any atom is 0.146 e. The predicted molar refractivity (Wildman–Crippen MR) is 70.3 cm³/mol. The van der Waals surface area contributed by atoms with Crippen molar-refractivity contribution in [1.29, 1.82) is 10.5 Å². The zero-order valence-corrected chi connectivity index (χ0v) is 11.7. The molecule has 0 amide bonds. The van der Waals surface area contributed by atoms with Gasteiger partial charge in [-0.15, -0.1) is 0 Å². The van der Waals surface area contributed by atoms with Crippen molar-refractivity contribution in [3.63, 3.8) is 0 Å². The standard InChI is InChI=1S/C14H13BrN2O/c1-2-13(8-16,9-17)7-14(10-18-14)11-4-3-5-12(15)6-11/h3-6H,2,7,10H2,1H3. The molecule has 0 spiro atoms. The first-order chi connectivity index (χ1) is 8.60. The quantitative estimate of drug-likeness (QED) is 0.800. The normalized spacial score (nSPS) is 22.0. The third-order valence-electron chi connectivity index (χ3n) is 3.46. The molecule has 1 aliphatic heterocycles. The molecule has 2 rings (SSSR count). The Morgan fingerprint density at radius 2 is 2.11 bits per heavy atom. The van der Waals surface area contributed by atoms with E-state index in [1.807, 2.05) is 31.2 Å². The highest BCUT2D eigenvalue weighted by Crippen LogP contribution is 2.48. The summed E-state index contributed by atoms with van der Waals surface area (Å²) in [6.45, 7) is 2.44. The molecule has 0 saturated carbocycles. The number of halogens is 1. The lowest BCUT2D eigenvalue weighted by Crippen LogP contribution is -2.24. The van der Waals surface area contributed by atoms with Crippen LogP contribution < -0.4 is 0 Å². The van der Waals surface area contributed by atoms with Crippen LogP contribution in [0.25, 0.3) is 0 Å². The van der Waals surface area contributed by atoms with Crippen molar-refractivity contribution in [2.24, 2.45) is 5.41 Å². The smallest absolute Gasteiger partial charge is 0.146 e. The molecule has 1 aromatic rings. The Morgan fingerprint density at radius 1 is 1.44 bits per heavy atom. The average Bonchev–Trinajstić information content (AvgIpc) is 3.17. The van der Waals surface area contributed by atoms with Gasteiger partial charge in [0.1, 0.15) is 11.0 Å². The maximum absolute atomic E-state index is 9.23. The fraction of sp³-hybridized carbons (Fsp3) is 0.429. The van der Waals surface area contributed by atoms with Crippen molar-refractivity contribution < 1.29 is 4.74 Å². The van der Waals surface area contributed by atoms with Crippen molar-refractivity contribution in [2.75, 3.05) is 6.61 Å². The Hall–Kier alpha value is -1.36. The van der Waals surface area contributed by atoms with Crippen molar-refractivity contribution in [3.8, 4) is 12.1 Å². The molecule has 0 aliphatic carbocycles. The summed E-state index contributed by atoms with van der Waals surface area (Å²) in [6, 6.07) is 12.1. The van der Waals surface area contributed by atoms with E-state index in [4.69, 9.17) is 4.74 Å². The van der Waals surface area contributed by atoms with Gasteiger partial charge in [0.15, 0.2) is 0 Å². The first-order valence-corrected chi connectivity index (χ1v) is 6.61. The first-order valence-electron chi connectivity index (χ1n) is 5.82. The molecule has 18 heavy (non-hydrogen) atoms. The summed E-state index contributed by atoms with van der Waals surface area (Å²) in [5.74, 6) is 0. The van der Waals surface area contributed by atoms with Crippen molar-refractivity contribution in [1.82, 2.24) is 0 Å². The topological polar surface area (TPSA) is 60.1 Å². The van der Waals surface area contributed by atoms with Crippen LogP contribution in [-0.4, -0.2) is 6.61 Å². The molecular formula is C14H13BrN2O. The fourth-order valence-corrected chi connectivity index (χ4v) is 2.50. The molecule has 1 heterocycles. The molecule has 1 unspecified atom stereocenters. The lowest BCUT2D eigenvalue weighted by molar-refractivity contribution is 0.244. The fourth-order valence-electron chi connectivity index (χ4n) is 2.10. The number of hydrogen-bond acceptors (Lipinski definition) is 3. The van der Waals surface area contributed by atoms with Crippen LogP contribution in [0.4, 0.5) is 0 Å². The minimum Gasteiger partial charge on any atom is -0.364 e. The minimum atomic E-state index is -0.960. The second kappa shape index (κ2) is 4.72. The summed E-state index contributed by atoms with van der Waals surface area (Å²) < 4.78 is 6.55. The Kier molecular flexibility index (Phi) is 3.43. The number of ether oxygens (including phenoxy) is 1. The summed E-state index contributed by atoms with van der Waals surface area (Å²) >= 11 is 3.43. The number of epoxide rings is 1. The molecule has 1 atom stereocenters. The molecule has 0 aromatic heterocycles. The highest BCUT2D eigenvalue weighted by Gasteiger charge is 2.52. The zero-order chi connectivity index (χ0) is 13.2. The van der Waals surface area contributed by atoms with Crippen molar-refractivity contribution in [3.05, 3.63) is 34.3 Å². The average molecular weight is 305 g/mol. The number of nitrogens with zero attached hydrogens (tertiary/aromatic N) is 2. The van der Waals surface area contributed by atoms with Crippen LogP contribution in [0.15, 0.2) is 28.7 Å². The van der Waals surface area contributed by atoms with Gasteiger partial charge in [-0.25, -0.2) is 0 Å². The van der Waals surface area contributed by atoms with Gasteiger partial charge in [-0.3, -0.25) is 0 Å². The van der Waals surface area contributed by atoms with E-state index in [0.29, 0.717) is 19.4 Å². The Labute approximate surface area is 115 Å². The molecule has 0 bridgehead atoms. The predicted octanol–water partition coefficient (Wildman–Crippen LogP) is 3.51. The van der Waals surface area contributed by atoms with Crippen LogP contribution in [0, 0.1) is 28.1 Å². The van der Waals surface area contributed by atoms with E-state index in [1.165, 1.54) is 0 Å². The van der Waals surface area contributed by atoms with E-state index < -0.39 is 11.0 Å². The Bertz CT molecular complexity index is 523.